The number of hydrogen-bond donors (Lipinski definition) is 2. The molecule has 6 nitrogen and oxygen atoms in total. The number of nitrogens with one attached hydrogen (secondary N) is 2. The number of likely N-dealkylation sites (tertiary alicyclic amines) is 1. The van der Waals surface area contributed by atoms with Crippen LogP contribution in [0.1, 0.15) is 31.1 Å². The minimum Gasteiger partial charge on any atom is -0.356 e. The van der Waals surface area contributed by atoms with Crippen LogP contribution in [0.5, 0.6) is 0 Å². The average Bonchev–Trinajstić information content (AvgIpc) is 3.15. The minimum atomic E-state index is 0. The molecule has 154 valence electrons. The molecular formula is C19H34IN5OS. The summed E-state index contributed by atoms with van der Waals surface area (Å²) in [6.07, 6.45) is 3.71. The van der Waals surface area contributed by atoms with Gasteiger partial charge in [0.05, 0.1) is 6.54 Å². The molecule has 0 unspecified atom stereocenters. The van der Waals surface area contributed by atoms with Crippen molar-refractivity contribution in [3.63, 3.8) is 0 Å². The first kappa shape index (κ1) is 24.2. The van der Waals surface area contributed by atoms with E-state index in [-0.39, 0.29) is 36.4 Å². The molecule has 0 aliphatic carbocycles. The van der Waals surface area contributed by atoms with Gasteiger partial charge in [-0.3, -0.25) is 4.79 Å². The zero-order valence-corrected chi connectivity index (χ0v) is 19.9. The van der Waals surface area contributed by atoms with Crippen LogP contribution in [0.3, 0.4) is 0 Å². The van der Waals surface area contributed by atoms with Crippen molar-refractivity contribution in [1.29, 1.82) is 0 Å². The van der Waals surface area contributed by atoms with Crippen molar-refractivity contribution in [3.8, 4) is 0 Å². The standard InChI is InChI=1S/C19H33N5OS.HI/c1-16-7-11-24(12-8-16)10-5-9-20-19(22-15-18(25)23(2)3)21-14-17-6-4-13-26-17;/h4,6,13,16H,5,7-12,14-15H2,1-3H3,(H2,20,21,22);1H. The van der Waals surface area contributed by atoms with Crippen LogP contribution in [0.4, 0.5) is 0 Å². The number of carbonyl (C=O) groups excluding carboxylic acids is 1. The molecule has 0 bridgehead atoms. The number of rotatable bonds is 8. The number of thiophene rings is 1. The molecule has 1 aliphatic rings. The second-order valence-corrected chi connectivity index (χ2v) is 8.22. The van der Waals surface area contributed by atoms with E-state index in [1.807, 2.05) is 6.07 Å². The number of piperidine rings is 1. The molecule has 0 atom stereocenters. The highest BCUT2D eigenvalue weighted by Gasteiger charge is 2.14. The van der Waals surface area contributed by atoms with Gasteiger partial charge in [-0.05, 0) is 56.3 Å². The topological polar surface area (TPSA) is 60.0 Å². The Morgan fingerprint density at radius 3 is 2.70 bits per heavy atom. The molecule has 0 aromatic carbocycles. The predicted octanol–water partition coefficient (Wildman–Crippen LogP) is 2.61. The van der Waals surface area contributed by atoms with Gasteiger partial charge in [0.15, 0.2) is 5.96 Å². The van der Waals surface area contributed by atoms with Crippen molar-refractivity contribution in [2.24, 2.45) is 10.9 Å². The van der Waals surface area contributed by atoms with Gasteiger partial charge in [-0.2, -0.15) is 0 Å². The molecule has 1 fully saturated rings. The van der Waals surface area contributed by atoms with Gasteiger partial charge < -0.3 is 20.4 Å². The number of carbonyl (C=O) groups is 1. The number of guanidine groups is 1. The molecule has 0 spiro atoms. The van der Waals surface area contributed by atoms with Crippen molar-refractivity contribution in [3.05, 3.63) is 22.4 Å². The molecule has 2 N–H and O–H groups in total. The van der Waals surface area contributed by atoms with Crippen LogP contribution in [0, 0.1) is 5.92 Å². The third-order valence-corrected chi connectivity index (χ3v) is 5.58. The molecule has 0 saturated carbocycles. The van der Waals surface area contributed by atoms with E-state index in [0.717, 1.165) is 32.0 Å². The number of amides is 1. The van der Waals surface area contributed by atoms with Gasteiger partial charge in [0, 0.05) is 25.5 Å². The molecular weight excluding hydrogens is 473 g/mol. The Morgan fingerprint density at radius 2 is 2.07 bits per heavy atom. The monoisotopic (exact) mass is 507 g/mol. The highest BCUT2D eigenvalue weighted by atomic mass is 127. The number of nitrogens with zero attached hydrogens (tertiary/aromatic N) is 3. The summed E-state index contributed by atoms with van der Waals surface area (Å²) in [4.78, 5) is 21.6. The van der Waals surface area contributed by atoms with E-state index >= 15 is 0 Å². The minimum absolute atomic E-state index is 0. The molecule has 1 aromatic rings. The zero-order valence-electron chi connectivity index (χ0n) is 16.7. The molecule has 1 aliphatic heterocycles. The molecule has 27 heavy (non-hydrogen) atoms. The van der Waals surface area contributed by atoms with Gasteiger partial charge in [0.2, 0.25) is 5.91 Å². The quantitative estimate of drug-likeness (QED) is 0.246. The van der Waals surface area contributed by atoms with E-state index in [4.69, 9.17) is 0 Å². The second kappa shape index (κ2) is 13.3. The molecule has 1 saturated heterocycles. The SMILES string of the molecule is CC1CCN(CCCNC(=NCC(=O)N(C)C)NCc2cccs2)CC1.I. The van der Waals surface area contributed by atoms with E-state index in [1.54, 1.807) is 30.3 Å². The highest BCUT2D eigenvalue weighted by Crippen LogP contribution is 2.15. The first-order valence-corrected chi connectivity index (χ1v) is 10.4. The average molecular weight is 507 g/mol. The summed E-state index contributed by atoms with van der Waals surface area (Å²) in [7, 11) is 3.51. The van der Waals surface area contributed by atoms with E-state index in [2.05, 4.69) is 38.9 Å². The smallest absolute Gasteiger partial charge is 0.243 e. The lowest BCUT2D eigenvalue weighted by molar-refractivity contribution is -0.127. The fourth-order valence-corrected chi connectivity index (χ4v) is 3.49. The maximum Gasteiger partial charge on any atom is 0.243 e. The molecule has 1 aromatic heterocycles. The number of halogens is 1. The maximum absolute atomic E-state index is 11.8. The van der Waals surface area contributed by atoms with E-state index < -0.39 is 0 Å². The zero-order chi connectivity index (χ0) is 18.8. The van der Waals surface area contributed by atoms with Gasteiger partial charge in [-0.25, -0.2) is 4.99 Å². The Balaban J connectivity index is 0.00000364. The molecule has 2 heterocycles. The van der Waals surface area contributed by atoms with Crippen molar-refractivity contribution < 1.29 is 4.79 Å². The Bertz CT molecular complexity index is 556. The summed E-state index contributed by atoms with van der Waals surface area (Å²) in [5.74, 6) is 1.59. The lowest BCUT2D eigenvalue weighted by Gasteiger charge is -2.30. The predicted molar refractivity (Wildman–Crippen MR) is 125 cm³/mol. The van der Waals surface area contributed by atoms with Crippen molar-refractivity contribution >= 4 is 47.2 Å². The Morgan fingerprint density at radius 1 is 1.33 bits per heavy atom. The van der Waals surface area contributed by atoms with Gasteiger partial charge in [-0.1, -0.05) is 13.0 Å². The van der Waals surface area contributed by atoms with Crippen molar-refractivity contribution in [2.75, 3.05) is 46.8 Å². The number of likely N-dealkylation sites (N-methyl/N-ethyl adjacent to an activating group) is 1. The Kier molecular flexibility index (Phi) is 11.9. The van der Waals surface area contributed by atoms with Crippen LogP contribution in [-0.4, -0.2) is 68.5 Å². The lowest BCUT2D eigenvalue weighted by Crippen LogP contribution is -2.40. The fourth-order valence-electron chi connectivity index (χ4n) is 2.84. The van der Waals surface area contributed by atoms with Crippen molar-refractivity contribution in [2.45, 2.75) is 32.7 Å². The van der Waals surface area contributed by atoms with Crippen LogP contribution >= 0.6 is 35.3 Å². The summed E-state index contributed by atoms with van der Waals surface area (Å²) in [6, 6.07) is 4.14. The molecule has 8 heteroatoms. The third kappa shape index (κ3) is 9.75. The number of hydrogen-bond acceptors (Lipinski definition) is 4. The number of aliphatic imine (C=N–C) groups is 1. The van der Waals surface area contributed by atoms with E-state index in [1.165, 1.54) is 30.8 Å². The maximum atomic E-state index is 11.8. The van der Waals surface area contributed by atoms with Gasteiger partial charge in [-0.15, -0.1) is 35.3 Å². The summed E-state index contributed by atoms with van der Waals surface area (Å²) >= 11 is 1.71. The van der Waals surface area contributed by atoms with Crippen molar-refractivity contribution in [1.82, 2.24) is 20.4 Å². The molecule has 1 amide bonds. The van der Waals surface area contributed by atoms with Crippen LogP contribution in [0.2, 0.25) is 0 Å². The Hall–Kier alpha value is -0.870. The van der Waals surface area contributed by atoms with E-state index in [9.17, 15) is 4.79 Å². The largest absolute Gasteiger partial charge is 0.356 e. The summed E-state index contributed by atoms with van der Waals surface area (Å²) in [5.41, 5.74) is 0. The van der Waals surface area contributed by atoms with E-state index in [0.29, 0.717) is 5.96 Å². The molecule has 0 radical (unpaired) electrons. The van der Waals surface area contributed by atoms with Crippen LogP contribution in [0.25, 0.3) is 0 Å². The normalized spacial score (nSPS) is 15.9. The lowest BCUT2D eigenvalue weighted by atomic mass is 9.99. The molecule has 2 rings (SSSR count). The third-order valence-electron chi connectivity index (χ3n) is 4.70. The summed E-state index contributed by atoms with van der Waals surface area (Å²) < 4.78 is 0. The van der Waals surface area contributed by atoms with Gasteiger partial charge in [0.25, 0.3) is 0 Å². The van der Waals surface area contributed by atoms with Crippen LogP contribution < -0.4 is 10.6 Å². The fraction of sp³-hybridized carbons (Fsp3) is 0.684. The summed E-state index contributed by atoms with van der Waals surface area (Å²) in [6.45, 7) is 7.65. The Labute approximate surface area is 184 Å². The van der Waals surface area contributed by atoms with Gasteiger partial charge in [0.1, 0.15) is 6.54 Å². The highest BCUT2D eigenvalue weighted by molar-refractivity contribution is 14.0. The van der Waals surface area contributed by atoms with Crippen LogP contribution in [-0.2, 0) is 11.3 Å². The first-order chi connectivity index (χ1) is 12.5. The van der Waals surface area contributed by atoms with Crippen LogP contribution in [0.15, 0.2) is 22.5 Å². The first-order valence-electron chi connectivity index (χ1n) is 9.51. The summed E-state index contributed by atoms with van der Waals surface area (Å²) in [5, 5.41) is 8.76. The second-order valence-electron chi connectivity index (χ2n) is 7.19. The van der Waals surface area contributed by atoms with Gasteiger partial charge >= 0.3 is 0 Å².